The lowest BCUT2D eigenvalue weighted by Crippen LogP contribution is -2.05. The van der Waals surface area contributed by atoms with Crippen LogP contribution in [-0.2, 0) is 16.0 Å². The summed E-state index contributed by atoms with van der Waals surface area (Å²) in [6.07, 6.45) is -0.219. The number of hydrogen-bond donors (Lipinski definition) is 1. The molecule has 0 radical (unpaired) electrons. The first-order valence-electron chi connectivity index (χ1n) is 4.13. The molecule has 4 nitrogen and oxygen atoms in total. The predicted octanol–water partition coefficient (Wildman–Crippen LogP) is 1.75. The van der Waals surface area contributed by atoms with Crippen LogP contribution < -0.4 is 0 Å². The minimum Gasteiger partial charge on any atom is -0.481 e. The fraction of sp³-hybridized carbons (Fsp3) is 0.200. The number of rotatable bonds is 3. The third kappa shape index (κ3) is 2.95. The van der Waals surface area contributed by atoms with E-state index < -0.39 is 11.9 Å². The molecule has 1 N–H and O–H groups in total. The number of carboxylic acid groups (broad SMARTS) is 1. The molecule has 15 heavy (non-hydrogen) atoms. The standard InChI is InChI=1S/C10H9ClO4/c1-15-10(14)6-2-3-8(11)7(4-6)5-9(12)13/h2-4H,5H2,1H3,(H,12,13). The lowest BCUT2D eigenvalue weighted by atomic mass is 10.1. The molecule has 5 heteroatoms. The molecule has 0 atom stereocenters. The smallest absolute Gasteiger partial charge is 0.337 e. The van der Waals surface area contributed by atoms with Gasteiger partial charge in [0, 0.05) is 5.02 Å². The van der Waals surface area contributed by atoms with Gasteiger partial charge in [0.05, 0.1) is 19.1 Å². The van der Waals surface area contributed by atoms with Crippen LogP contribution in [-0.4, -0.2) is 24.2 Å². The number of esters is 1. The van der Waals surface area contributed by atoms with Crippen molar-refractivity contribution in [2.24, 2.45) is 0 Å². The van der Waals surface area contributed by atoms with Crippen LogP contribution in [0.1, 0.15) is 15.9 Å². The van der Waals surface area contributed by atoms with E-state index in [9.17, 15) is 9.59 Å². The lowest BCUT2D eigenvalue weighted by molar-refractivity contribution is -0.136. The molecule has 0 saturated carbocycles. The maximum Gasteiger partial charge on any atom is 0.337 e. The molecule has 1 rings (SSSR count). The Morgan fingerprint density at radius 1 is 1.47 bits per heavy atom. The number of hydrogen-bond acceptors (Lipinski definition) is 3. The Bertz CT molecular complexity index is 400. The quantitative estimate of drug-likeness (QED) is 0.801. The first-order chi connectivity index (χ1) is 7.04. The number of halogens is 1. The largest absolute Gasteiger partial charge is 0.481 e. The number of carbonyl (C=O) groups excluding carboxylic acids is 1. The van der Waals surface area contributed by atoms with Crippen molar-refractivity contribution in [1.82, 2.24) is 0 Å². The molecule has 0 heterocycles. The molecule has 0 spiro atoms. The van der Waals surface area contributed by atoms with E-state index in [1.807, 2.05) is 0 Å². The minimum atomic E-state index is -1.00. The Morgan fingerprint density at radius 3 is 2.67 bits per heavy atom. The number of aliphatic carboxylic acids is 1. The molecule has 0 bridgehead atoms. The second-order valence-electron chi connectivity index (χ2n) is 2.87. The van der Waals surface area contributed by atoms with Gasteiger partial charge >= 0.3 is 11.9 Å². The second-order valence-corrected chi connectivity index (χ2v) is 3.28. The van der Waals surface area contributed by atoms with E-state index in [0.29, 0.717) is 10.6 Å². The normalized spacial score (nSPS) is 9.73. The van der Waals surface area contributed by atoms with Crippen molar-refractivity contribution in [3.63, 3.8) is 0 Å². The monoisotopic (exact) mass is 228 g/mol. The van der Waals surface area contributed by atoms with Crippen molar-refractivity contribution >= 4 is 23.5 Å². The third-order valence-corrected chi connectivity index (χ3v) is 2.18. The van der Waals surface area contributed by atoms with Gasteiger partial charge < -0.3 is 9.84 Å². The summed E-state index contributed by atoms with van der Waals surface area (Å²) in [6, 6.07) is 4.38. The van der Waals surface area contributed by atoms with Crippen LogP contribution in [0.3, 0.4) is 0 Å². The SMILES string of the molecule is COC(=O)c1ccc(Cl)c(CC(=O)O)c1. The first kappa shape index (κ1) is 11.5. The maximum atomic E-state index is 11.1. The maximum absolute atomic E-state index is 11.1. The highest BCUT2D eigenvalue weighted by Crippen LogP contribution is 2.18. The van der Waals surface area contributed by atoms with E-state index in [4.69, 9.17) is 16.7 Å². The van der Waals surface area contributed by atoms with Gasteiger partial charge in [-0.25, -0.2) is 4.79 Å². The number of carbonyl (C=O) groups is 2. The second kappa shape index (κ2) is 4.79. The lowest BCUT2D eigenvalue weighted by Gasteiger charge is -2.04. The summed E-state index contributed by atoms with van der Waals surface area (Å²) >= 11 is 5.77. The fourth-order valence-corrected chi connectivity index (χ4v) is 1.30. The summed E-state index contributed by atoms with van der Waals surface area (Å²) in [7, 11) is 1.26. The highest BCUT2D eigenvalue weighted by Gasteiger charge is 2.10. The predicted molar refractivity (Wildman–Crippen MR) is 54.1 cm³/mol. The van der Waals surface area contributed by atoms with E-state index >= 15 is 0 Å². The third-order valence-electron chi connectivity index (χ3n) is 1.81. The number of carboxylic acids is 1. The zero-order chi connectivity index (χ0) is 11.4. The molecule has 0 fully saturated rings. The molecule has 0 aliphatic carbocycles. The molecule has 80 valence electrons. The number of benzene rings is 1. The summed E-state index contributed by atoms with van der Waals surface area (Å²) in [6.45, 7) is 0. The van der Waals surface area contributed by atoms with Gasteiger partial charge in [-0.05, 0) is 23.8 Å². The Labute approximate surface area is 91.4 Å². The van der Waals surface area contributed by atoms with Crippen LogP contribution in [0.4, 0.5) is 0 Å². The first-order valence-corrected chi connectivity index (χ1v) is 4.51. The zero-order valence-electron chi connectivity index (χ0n) is 7.99. The average Bonchev–Trinajstić information content (AvgIpc) is 2.19. The van der Waals surface area contributed by atoms with E-state index in [-0.39, 0.29) is 12.0 Å². The van der Waals surface area contributed by atoms with Crippen molar-refractivity contribution < 1.29 is 19.4 Å². The van der Waals surface area contributed by atoms with E-state index in [1.165, 1.54) is 25.3 Å². The van der Waals surface area contributed by atoms with Crippen molar-refractivity contribution in [1.29, 1.82) is 0 Å². The molecule has 0 saturated heterocycles. The Morgan fingerprint density at radius 2 is 2.13 bits per heavy atom. The van der Waals surface area contributed by atoms with Gasteiger partial charge in [-0.3, -0.25) is 4.79 Å². The minimum absolute atomic E-state index is 0.219. The van der Waals surface area contributed by atoms with Crippen LogP contribution in [0.2, 0.25) is 5.02 Å². The molecule has 0 unspecified atom stereocenters. The van der Waals surface area contributed by atoms with Crippen LogP contribution in [0, 0.1) is 0 Å². The van der Waals surface area contributed by atoms with Crippen molar-refractivity contribution in [2.45, 2.75) is 6.42 Å². The van der Waals surface area contributed by atoms with Crippen LogP contribution in [0.15, 0.2) is 18.2 Å². The summed E-state index contributed by atoms with van der Waals surface area (Å²) in [4.78, 5) is 21.6. The van der Waals surface area contributed by atoms with Gasteiger partial charge in [0.15, 0.2) is 0 Å². The van der Waals surface area contributed by atoms with Crippen molar-refractivity contribution in [2.75, 3.05) is 7.11 Å². The molecule has 1 aromatic rings. The van der Waals surface area contributed by atoms with E-state index in [0.717, 1.165) is 0 Å². The van der Waals surface area contributed by atoms with Gasteiger partial charge in [0.2, 0.25) is 0 Å². The van der Waals surface area contributed by atoms with Crippen molar-refractivity contribution in [3.8, 4) is 0 Å². The summed E-state index contributed by atoms with van der Waals surface area (Å²) < 4.78 is 4.51. The van der Waals surface area contributed by atoms with E-state index in [2.05, 4.69) is 4.74 Å². The fourth-order valence-electron chi connectivity index (χ4n) is 1.12. The summed E-state index contributed by atoms with van der Waals surface area (Å²) in [5.74, 6) is -1.52. The zero-order valence-corrected chi connectivity index (χ0v) is 8.75. The number of methoxy groups -OCH3 is 1. The highest BCUT2D eigenvalue weighted by atomic mass is 35.5. The van der Waals surface area contributed by atoms with Crippen molar-refractivity contribution in [3.05, 3.63) is 34.3 Å². The summed E-state index contributed by atoms with van der Waals surface area (Å²) in [5, 5.41) is 8.93. The van der Waals surface area contributed by atoms with Gasteiger partial charge in [-0.15, -0.1) is 0 Å². The molecule has 0 aliphatic rings. The molecule has 0 aliphatic heterocycles. The highest BCUT2D eigenvalue weighted by molar-refractivity contribution is 6.31. The molecule has 0 aromatic heterocycles. The van der Waals surface area contributed by atoms with Gasteiger partial charge in [0.1, 0.15) is 0 Å². The molecular weight excluding hydrogens is 220 g/mol. The number of ether oxygens (including phenoxy) is 1. The topological polar surface area (TPSA) is 63.6 Å². The average molecular weight is 229 g/mol. The van der Waals surface area contributed by atoms with Crippen LogP contribution in [0.25, 0.3) is 0 Å². The van der Waals surface area contributed by atoms with Gasteiger partial charge in [-0.1, -0.05) is 11.6 Å². The Hall–Kier alpha value is -1.55. The van der Waals surface area contributed by atoms with Gasteiger partial charge in [0.25, 0.3) is 0 Å². The Kier molecular flexibility index (Phi) is 3.68. The van der Waals surface area contributed by atoms with E-state index in [1.54, 1.807) is 0 Å². The van der Waals surface area contributed by atoms with Gasteiger partial charge in [-0.2, -0.15) is 0 Å². The molecule has 1 aromatic carbocycles. The molecule has 0 amide bonds. The van der Waals surface area contributed by atoms with Crippen LogP contribution in [0.5, 0.6) is 0 Å². The summed E-state index contributed by atoms with van der Waals surface area (Å²) in [5.41, 5.74) is 0.685. The van der Waals surface area contributed by atoms with Crippen LogP contribution >= 0.6 is 11.6 Å². The Balaban J connectivity index is 3.05. The molecular formula is C10H9ClO4.